The van der Waals surface area contributed by atoms with Crippen LogP contribution in [0.5, 0.6) is 0 Å². The number of benzene rings is 6. The average Bonchev–Trinajstić information content (AvgIpc) is 0.797. The summed E-state index contributed by atoms with van der Waals surface area (Å²) in [5.74, 6) is -1.01. The SMILES string of the molecule is CC(C)(C)[Si](C)(C)O[C@@H]1CCC[C@H](c2cnc(N)c(-c3ccc(C(=O)NCc4ccccc4)c(F)c3)n2)C1.CC(C)(C)[Si](C)(C)O[C@@H]1CCC[C@H](c2cnc(N)c(Br)n2)C1.CC(C)(C)[Si](C)(C)O[C@@H]1CCC[C@H](c2cnc(N)cn2)C1.Nc1ncc([C@H]2CCC[C@@H](O)C2)nc1-c1ccc(C(=O)NCc2ccccc2)c(F)c1.O=C(NCc1ccccc1)c1ccc(B(O)O)cc1F. The zero-order valence-electron chi connectivity index (χ0n) is 79.1. The lowest BCUT2D eigenvalue weighted by Crippen LogP contribution is -2.44. The van der Waals surface area contributed by atoms with E-state index in [4.69, 9.17) is 51.2 Å². The second-order valence-corrected chi connectivity index (χ2v) is 54.5. The first-order valence-electron chi connectivity index (χ1n) is 45.9. The minimum absolute atomic E-state index is 0.00195. The quantitative estimate of drug-likeness (QED) is 0.0282. The number of nitrogens with zero attached hydrogens (tertiary/aromatic N) is 8. The van der Waals surface area contributed by atoms with E-state index < -0.39 is 67.2 Å². The average molecular weight is 1920 g/mol. The van der Waals surface area contributed by atoms with Gasteiger partial charge >= 0.3 is 7.12 Å². The Labute approximate surface area is 788 Å². The first-order valence-corrected chi connectivity index (χ1v) is 55.4. The van der Waals surface area contributed by atoms with Crippen molar-refractivity contribution in [1.29, 1.82) is 0 Å². The molecule has 0 spiro atoms. The standard InChI is InChI=1S/C30H39FN4O2Si.C24H25FN4O2.C16H28BrN3OSi.C16H29N3OSi.C14H13BFNO3/c1-30(2,3)38(4,5)37-23-13-9-12-21(16-23)26-19-33-28(32)27(35-26)22-14-15-24(25(31)17-22)29(36)34-18-20-10-7-6-8-11-20;25-20-12-17(9-10-19(20)24(31)28-13-15-5-2-1-3-6-15)22-23(26)27-14-21(29-22)16-7-4-8-18(30)11-16;1-16(2,3)22(4,5)21-12-8-6-7-11(9-12)13-10-19-15(18)14(17)20-13;1-16(2,3)21(4,5)20-13-8-6-7-12(9-13)14-10-19-15(17)11-18-14;16-13-8-11(15(19)20)6-7-12(13)14(18)17-9-10-4-2-1-3-5-10/h6-8,10-11,14-15,17,19,21,23H,9,12-13,16,18H2,1-5H3,(H2,32,33)(H,34,36);1-3,5-6,9-10,12,14,16,18,30H,4,7-8,11,13H2,(H2,26,27)(H,28,31);10-12H,6-9H2,1-5H3,(H2,18,19);10-13H,6-9H2,1-5H3,(H2,17,19);1-8,19-20H,9H2,(H,17,18)/t21-,23+;16-,18+;11-,12+;12-,13+;/m0000./s1. The Kier molecular flexibility index (Phi) is 36.9. The highest BCUT2D eigenvalue weighted by Crippen LogP contribution is 2.46. The number of aliphatic hydroxyl groups is 1. The fourth-order valence-electron chi connectivity index (χ4n) is 15.8. The van der Waals surface area contributed by atoms with Crippen LogP contribution in [0.15, 0.2) is 181 Å². The largest absolute Gasteiger partial charge is 0.488 e. The molecule has 4 fully saturated rings. The molecule has 10 aromatic rings. The van der Waals surface area contributed by atoms with Gasteiger partial charge in [-0.1, -0.05) is 197 Å². The van der Waals surface area contributed by atoms with Gasteiger partial charge in [0, 0.05) is 72.7 Å². The summed E-state index contributed by atoms with van der Waals surface area (Å²) in [5.41, 5.74) is 31.6. The molecule has 4 aliphatic rings. The highest BCUT2D eigenvalue weighted by atomic mass is 79.9. The predicted octanol–water partition coefficient (Wildman–Crippen LogP) is 20.1. The van der Waals surface area contributed by atoms with Gasteiger partial charge in [-0.3, -0.25) is 19.4 Å². The Bertz CT molecular complexity index is 5460. The van der Waals surface area contributed by atoms with E-state index in [0.717, 1.165) is 116 Å². The molecule has 706 valence electrons. The van der Waals surface area contributed by atoms with Gasteiger partial charge in [0.05, 0.1) is 76.6 Å². The van der Waals surface area contributed by atoms with Gasteiger partial charge in [0.25, 0.3) is 17.7 Å². The molecule has 14 rings (SSSR count). The van der Waals surface area contributed by atoms with Crippen molar-refractivity contribution in [2.24, 2.45) is 0 Å². The van der Waals surface area contributed by atoms with E-state index in [-0.39, 0.29) is 72.9 Å². The van der Waals surface area contributed by atoms with Crippen molar-refractivity contribution in [3.63, 3.8) is 0 Å². The van der Waals surface area contributed by atoms with Gasteiger partial charge in [0.1, 0.15) is 50.9 Å². The van der Waals surface area contributed by atoms with Crippen LogP contribution in [-0.4, -0.2) is 129 Å². The molecule has 32 heteroatoms. The third-order valence-corrected chi connectivity index (χ3v) is 40.7. The number of aliphatic hydroxyl groups excluding tert-OH is 1. The summed E-state index contributed by atoms with van der Waals surface area (Å²) in [4.78, 5) is 72.4. The number of carbonyl (C=O) groups is 3. The zero-order chi connectivity index (χ0) is 96.0. The highest BCUT2D eigenvalue weighted by Gasteiger charge is 2.44. The fraction of sp³-hybridized carbons (Fsp3) is 0.450. The van der Waals surface area contributed by atoms with Crippen LogP contribution in [0.2, 0.25) is 54.4 Å². The monoisotopic (exact) mass is 1920 g/mol. The van der Waals surface area contributed by atoms with Crippen molar-refractivity contribution < 1.29 is 56.0 Å². The van der Waals surface area contributed by atoms with Crippen LogP contribution in [0.4, 0.5) is 36.4 Å². The predicted molar refractivity (Wildman–Crippen MR) is 530 cm³/mol. The number of nitrogens with two attached hydrogens (primary N) is 4. The molecule has 4 aliphatic carbocycles. The minimum Gasteiger partial charge on any atom is -0.423 e. The van der Waals surface area contributed by atoms with E-state index >= 15 is 4.39 Å². The lowest BCUT2D eigenvalue weighted by atomic mass is 9.80. The van der Waals surface area contributed by atoms with Gasteiger partial charge in [-0.2, -0.15) is 0 Å². The van der Waals surface area contributed by atoms with Gasteiger partial charge in [-0.25, -0.2) is 48.1 Å². The Balaban J connectivity index is 0.000000175. The Morgan fingerprint density at radius 2 is 0.742 bits per heavy atom. The number of hydrogen-bond acceptors (Lipinski definition) is 21. The maximum absolute atomic E-state index is 15.0. The molecule has 4 saturated carbocycles. The van der Waals surface area contributed by atoms with E-state index in [0.29, 0.717) is 88.9 Å². The van der Waals surface area contributed by atoms with Gasteiger partial charge in [-0.15, -0.1) is 0 Å². The first kappa shape index (κ1) is 104. The maximum atomic E-state index is 15.0. The molecule has 0 radical (unpaired) electrons. The number of aromatic nitrogens is 8. The molecule has 6 aromatic carbocycles. The molecule has 14 N–H and O–H groups in total. The fourth-order valence-corrected chi connectivity index (χ4v) is 20.3. The Hall–Kier alpha value is -10.0. The third kappa shape index (κ3) is 29.7. The molecule has 132 heavy (non-hydrogen) atoms. The number of amides is 3. The Morgan fingerprint density at radius 3 is 1.07 bits per heavy atom. The molecule has 0 aliphatic heterocycles. The van der Waals surface area contributed by atoms with Crippen molar-refractivity contribution in [2.75, 3.05) is 22.9 Å². The van der Waals surface area contributed by atoms with Crippen LogP contribution in [0.3, 0.4) is 0 Å². The number of anilines is 4. The molecule has 4 heterocycles. The normalized spacial score (nSPS) is 18.9. The number of nitrogens with one attached hydrogen (secondary N) is 3. The topological polar surface area (TPSA) is 383 Å². The van der Waals surface area contributed by atoms with Gasteiger partial charge in [-0.05, 0) is 206 Å². The molecule has 4 aromatic heterocycles. The number of nitrogen functional groups attached to an aromatic ring is 4. The first-order chi connectivity index (χ1) is 62.3. The van der Waals surface area contributed by atoms with E-state index in [1.807, 2.05) is 103 Å². The van der Waals surface area contributed by atoms with Crippen LogP contribution < -0.4 is 44.3 Å². The summed E-state index contributed by atoms with van der Waals surface area (Å²) in [7, 11) is -7.03. The molecule has 0 saturated heterocycles. The zero-order valence-corrected chi connectivity index (χ0v) is 83.7. The van der Waals surface area contributed by atoms with Crippen LogP contribution in [0.1, 0.15) is 259 Å². The van der Waals surface area contributed by atoms with Gasteiger partial charge < -0.3 is 67.3 Å². The molecular weight excluding hydrogens is 1790 g/mol. The number of carbonyl (C=O) groups excluding carboxylic acids is 3. The van der Waals surface area contributed by atoms with Crippen LogP contribution >= 0.6 is 15.9 Å². The molecular formula is C100H134BBrF3N15O9Si3. The maximum Gasteiger partial charge on any atom is 0.488 e. The van der Waals surface area contributed by atoms with Crippen molar-refractivity contribution in [3.05, 3.63) is 255 Å². The molecule has 8 atom stereocenters. The molecule has 3 amide bonds. The summed E-state index contributed by atoms with van der Waals surface area (Å²) in [6.07, 6.45) is 25.7. The second kappa shape index (κ2) is 46.8. The van der Waals surface area contributed by atoms with E-state index in [9.17, 15) is 28.3 Å². The highest BCUT2D eigenvalue weighted by molar-refractivity contribution is 9.10. The Morgan fingerprint density at radius 1 is 0.417 bits per heavy atom. The number of rotatable bonds is 22. The summed E-state index contributed by atoms with van der Waals surface area (Å²) >= 11 is 3.38. The van der Waals surface area contributed by atoms with E-state index in [1.54, 1.807) is 30.7 Å². The summed E-state index contributed by atoms with van der Waals surface area (Å²) < 4.78 is 64.1. The smallest absolute Gasteiger partial charge is 0.423 e. The van der Waals surface area contributed by atoms with Crippen molar-refractivity contribution in [2.45, 2.75) is 287 Å². The summed E-state index contributed by atoms with van der Waals surface area (Å²) in [6.45, 7) is 35.4. The minimum atomic E-state index is -1.87. The summed E-state index contributed by atoms with van der Waals surface area (Å²) in [5, 5.41) is 36.6. The molecule has 24 nitrogen and oxygen atoms in total. The summed E-state index contributed by atoms with van der Waals surface area (Å²) in [6, 6.07) is 40.4. The lowest BCUT2D eigenvalue weighted by molar-refractivity contribution is 0.0938. The van der Waals surface area contributed by atoms with E-state index in [1.165, 1.54) is 62.1 Å². The van der Waals surface area contributed by atoms with Crippen molar-refractivity contribution >= 4 is 94.5 Å². The third-order valence-electron chi connectivity index (χ3n) is 26.5. The molecule has 0 unspecified atom stereocenters. The number of hydrogen-bond donors (Lipinski definition) is 10. The lowest BCUT2D eigenvalue weighted by Gasteiger charge is -2.41. The van der Waals surface area contributed by atoms with Crippen LogP contribution in [0, 0.1) is 17.5 Å². The van der Waals surface area contributed by atoms with Crippen LogP contribution in [-0.2, 0) is 32.9 Å². The second-order valence-electron chi connectivity index (χ2n) is 39.5. The van der Waals surface area contributed by atoms with Gasteiger partial charge in [0.2, 0.25) is 0 Å². The number of halogens is 4. The van der Waals surface area contributed by atoms with Gasteiger partial charge in [0.15, 0.2) is 30.8 Å². The molecule has 0 bridgehead atoms. The van der Waals surface area contributed by atoms with Crippen molar-refractivity contribution in [3.8, 4) is 22.5 Å². The van der Waals surface area contributed by atoms with E-state index in [2.05, 4.69) is 168 Å². The van der Waals surface area contributed by atoms with Crippen LogP contribution in [0.25, 0.3) is 22.5 Å². The van der Waals surface area contributed by atoms with Crippen molar-refractivity contribution in [1.82, 2.24) is 55.8 Å².